The molecule has 3 aliphatic rings. The normalized spacial score (nSPS) is 32.8. The average molecular weight is 496 g/mol. The second-order valence-electron chi connectivity index (χ2n) is 12.4. The van der Waals surface area contributed by atoms with E-state index in [1.54, 1.807) is 26.0 Å². The van der Waals surface area contributed by atoms with E-state index < -0.39 is 17.8 Å². The quantitative estimate of drug-likeness (QED) is 0.434. The molecule has 3 saturated carbocycles. The number of benzene rings is 1. The largest absolute Gasteiger partial charge is 0.393 e. The molecule has 4 rings (SSSR count). The summed E-state index contributed by atoms with van der Waals surface area (Å²) < 4.78 is 0. The van der Waals surface area contributed by atoms with E-state index in [0.717, 1.165) is 17.6 Å². The summed E-state index contributed by atoms with van der Waals surface area (Å²) in [6.45, 7) is 8.84. The molecule has 5 heteroatoms. The first-order valence-electron chi connectivity index (χ1n) is 13.8. The summed E-state index contributed by atoms with van der Waals surface area (Å²) in [5, 5.41) is 33.5. The molecule has 0 aromatic heterocycles. The monoisotopic (exact) mass is 495 g/mol. The van der Waals surface area contributed by atoms with E-state index in [0.29, 0.717) is 49.1 Å². The first-order chi connectivity index (χ1) is 17.0. The van der Waals surface area contributed by atoms with Gasteiger partial charge in [0, 0.05) is 12.1 Å². The highest BCUT2D eigenvalue weighted by molar-refractivity contribution is 5.94. The summed E-state index contributed by atoms with van der Waals surface area (Å²) >= 11 is 0. The van der Waals surface area contributed by atoms with E-state index in [2.05, 4.69) is 31.3 Å². The zero-order chi connectivity index (χ0) is 26.1. The van der Waals surface area contributed by atoms with Gasteiger partial charge in [0.1, 0.15) is 0 Å². The molecule has 1 unspecified atom stereocenters. The zero-order valence-electron chi connectivity index (χ0n) is 22.5. The van der Waals surface area contributed by atoms with Crippen LogP contribution in [0, 0.1) is 23.2 Å². The number of hydrogen-bond donors (Lipinski definition) is 4. The highest BCUT2D eigenvalue weighted by atomic mass is 16.3. The van der Waals surface area contributed by atoms with Crippen LogP contribution < -0.4 is 5.32 Å². The third-order valence-electron chi connectivity index (χ3n) is 9.21. The van der Waals surface area contributed by atoms with Crippen LogP contribution in [0.2, 0.25) is 0 Å². The van der Waals surface area contributed by atoms with E-state index in [9.17, 15) is 20.1 Å². The maximum atomic E-state index is 12.9. The number of aliphatic hydroxyl groups is 3. The summed E-state index contributed by atoms with van der Waals surface area (Å²) in [5.41, 5.74) is 3.26. The molecular formula is C31H45NO4. The van der Waals surface area contributed by atoms with Gasteiger partial charge < -0.3 is 20.6 Å². The summed E-state index contributed by atoms with van der Waals surface area (Å²) in [6.07, 6.45) is 11.3. The lowest BCUT2D eigenvalue weighted by molar-refractivity contribution is 0.0609. The first-order valence-corrected chi connectivity index (χ1v) is 13.8. The van der Waals surface area contributed by atoms with Crippen molar-refractivity contribution in [1.29, 1.82) is 0 Å². The number of rotatable bonds is 6. The number of nitrogens with one attached hydrogen (secondary N) is 1. The van der Waals surface area contributed by atoms with Crippen molar-refractivity contribution in [3.63, 3.8) is 0 Å². The lowest BCUT2D eigenvalue weighted by Crippen LogP contribution is -2.39. The van der Waals surface area contributed by atoms with Crippen molar-refractivity contribution in [1.82, 2.24) is 5.32 Å². The second kappa shape index (κ2) is 10.8. The molecular weight excluding hydrogens is 450 g/mol. The number of aliphatic hydroxyl groups excluding tert-OH is 2. The van der Waals surface area contributed by atoms with Crippen molar-refractivity contribution in [2.24, 2.45) is 23.2 Å². The summed E-state index contributed by atoms with van der Waals surface area (Å²) in [5.74, 6) is 1.41. The summed E-state index contributed by atoms with van der Waals surface area (Å²) in [4.78, 5) is 12.9. The number of fused-ring (bicyclic) bond motifs is 1. The van der Waals surface area contributed by atoms with Gasteiger partial charge in [-0.1, -0.05) is 49.3 Å². The van der Waals surface area contributed by atoms with Crippen LogP contribution in [0.25, 0.3) is 0 Å². The van der Waals surface area contributed by atoms with Crippen molar-refractivity contribution in [2.45, 2.75) is 96.9 Å². The fourth-order valence-corrected chi connectivity index (χ4v) is 7.28. The Morgan fingerprint density at radius 2 is 1.92 bits per heavy atom. The van der Waals surface area contributed by atoms with Gasteiger partial charge in [0.15, 0.2) is 0 Å². The predicted molar refractivity (Wildman–Crippen MR) is 143 cm³/mol. The van der Waals surface area contributed by atoms with E-state index in [1.165, 1.54) is 31.3 Å². The molecule has 198 valence electrons. The van der Waals surface area contributed by atoms with Crippen LogP contribution in [0.1, 0.15) is 95.0 Å². The fraction of sp³-hybridized carbons (Fsp3) is 0.645. The van der Waals surface area contributed by atoms with Gasteiger partial charge in [0.25, 0.3) is 5.91 Å². The Morgan fingerprint density at radius 3 is 2.61 bits per heavy atom. The molecule has 1 aromatic carbocycles. The molecule has 3 aliphatic carbocycles. The number of carbonyl (C=O) groups is 1. The van der Waals surface area contributed by atoms with Crippen LogP contribution in [0.3, 0.4) is 0 Å². The highest BCUT2D eigenvalue weighted by Crippen LogP contribution is 2.59. The van der Waals surface area contributed by atoms with Crippen molar-refractivity contribution < 1.29 is 20.1 Å². The summed E-state index contributed by atoms with van der Waals surface area (Å²) in [6, 6.07) is 7.26. The third-order valence-corrected chi connectivity index (χ3v) is 9.21. The Balaban J connectivity index is 1.40. The highest BCUT2D eigenvalue weighted by Gasteiger charge is 2.50. The average Bonchev–Trinajstić information content (AvgIpc) is 3.17. The maximum absolute atomic E-state index is 12.9. The molecule has 1 aromatic rings. The molecule has 0 heterocycles. The molecule has 0 saturated heterocycles. The fourth-order valence-electron chi connectivity index (χ4n) is 7.28. The van der Waals surface area contributed by atoms with E-state index in [-0.39, 0.29) is 11.3 Å². The molecule has 3 fully saturated rings. The zero-order valence-corrected chi connectivity index (χ0v) is 22.5. The van der Waals surface area contributed by atoms with Gasteiger partial charge >= 0.3 is 0 Å². The minimum Gasteiger partial charge on any atom is -0.393 e. The Kier molecular flexibility index (Phi) is 8.13. The molecule has 0 spiro atoms. The molecule has 5 nitrogen and oxygen atoms in total. The van der Waals surface area contributed by atoms with E-state index >= 15 is 0 Å². The Bertz CT molecular complexity index is 994. The lowest BCUT2D eigenvalue weighted by atomic mass is 9.61. The van der Waals surface area contributed by atoms with Crippen molar-refractivity contribution in [3.8, 4) is 0 Å². The summed E-state index contributed by atoms with van der Waals surface area (Å²) in [7, 11) is 0. The molecule has 0 aliphatic heterocycles. The molecule has 1 amide bonds. The van der Waals surface area contributed by atoms with Crippen LogP contribution in [-0.2, 0) is 5.60 Å². The van der Waals surface area contributed by atoms with Gasteiger partial charge in [-0.15, -0.1) is 0 Å². The van der Waals surface area contributed by atoms with Gasteiger partial charge in [-0.3, -0.25) is 4.79 Å². The number of allylic oxidation sites excluding steroid dienone is 3. The Hall–Kier alpha value is -1.95. The van der Waals surface area contributed by atoms with Crippen molar-refractivity contribution in [3.05, 3.63) is 58.7 Å². The lowest BCUT2D eigenvalue weighted by Gasteiger charge is -2.44. The molecule has 0 radical (unpaired) electrons. The van der Waals surface area contributed by atoms with Gasteiger partial charge in [-0.25, -0.2) is 0 Å². The van der Waals surface area contributed by atoms with Crippen LogP contribution in [0.5, 0.6) is 0 Å². The van der Waals surface area contributed by atoms with Crippen LogP contribution in [0.4, 0.5) is 0 Å². The van der Waals surface area contributed by atoms with Crippen LogP contribution in [0.15, 0.2) is 47.6 Å². The number of hydrogen-bond acceptors (Lipinski definition) is 4. The van der Waals surface area contributed by atoms with E-state index in [4.69, 9.17) is 0 Å². The van der Waals surface area contributed by atoms with E-state index in [1.807, 2.05) is 12.1 Å². The topological polar surface area (TPSA) is 89.8 Å². The molecule has 0 bridgehead atoms. The Labute approximate surface area is 216 Å². The van der Waals surface area contributed by atoms with Crippen molar-refractivity contribution in [2.75, 3.05) is 6.54 Å². The van der Waals surface area contributed by atoms with Gasteiger partial charge in [0.05, 0.1) is 17.8 Å². The third kappa shape index (κ3) is 5.95. The Morgan fingerprint density at radius 1 is 1.19 bits per heavy atom. The van der Waals surface area contributed by atoms with Gasteiger partial charge in [0.2, 0.25) is 0 Å². The maximum Gasteiger partial charge on any atom is 0.251 e. The van der Waals surface area contributed by atoms with Gasteiger partial charge in [-0.2, -0.15) is 0 Å². The van der Waals surface area contributed by atoms with Gasteiger partial charge in [-0.05, 0) is 106 Å². The number of carbonyl (C=O) groups excluding carboxylic acids is 1. The SMILES string of the molecule is C[C@H](CNC(=O)c1cccc(C(C)(C)O)c1)[C@H]1CCC2C(=CC=C3C[C@@H](O)C[C@H](O)C3)CCC[C@@]21C. The molecule has 6 atom stereocenters. The second-order valence-corrected chi connectivity index (χ2v) is 12.4. The molecule has 4 N–H and O–H groups in total. The smallest absolute Gasteiger partial charge is 0.251 e. The van der Waals surface area contributed by atoms with Crippen LogP contribution >= 0.6 is 0 Å². The first kappa shape index (κ1) is 27.1. The van der Waals surface area contributed by atoms with Crippen LogP contribution in [-0.4, -0.2) is 40.0 Å². The number of amides is 1. The minimum atomic E-state index is -0.976. The molecule has 36 heavy (non-hydrogen) atoms. The minimum absolute atomic E-state index is 0.0830. The standard InChI is InChI=1S/C31H45NO4/c1-20(19-32-29(35)23-7-5-9-24(17-23)30(2,3)36)27-12-13-28-22(8-6-14-31(27,28)4)11-10-21-15-25(33)18-26(34)16-21/h5,7,9-11,17,20,25-28,33-34,36H,6,8,12-16,18-19H2,1-4H3,(H,32,35)/t20-,25-,26-,27-,28?,31-/m1/s1. The van der Waals surface area contributed by atoms with Crippen molar-refractivity contribution >= 4 is 5.91 Å². The predicted octanol–water partition coefficient (Wildman–Crippen LogP) is 5.25.